The summed E-state index contributed by atoms with van der Waals surface area (Å²) >= 11 is 6.12. The third-order valence-corrected chi connectivity index (χ3v) is 4.62. The lowest BCUT2D eigenvalue weighted by molar-refractivity contribution is 0.0374. The lowest BCUT2D eigenvalue weighted by atomic mass is 10.1. The van der Waals surface area contributed by atoms with Crippen molar-refractivity contribution in [2.45, 2.75) is 12.8 Å². The molecule has 1 fully saturated rings. The predicted octanol–water partition coefficient (Wildman–Crippen LogP) is 3.75. The minimum Gasteiger partial charge on any atom is -0.379 e. The number of halogens is 4. The Bertz CT molecular complexity index is 451. The molecule has 2 nitrogen and oxygen atoms in total. The largest absolute Gasteiger partial charge is 0.379 e. The van der Waals surface area contributed by atoms with Gasteiger partial charge in [-0.1, -0.05) is 0 Å². The number of rotatable bonds is 4. The van der Waals surface area contributed by atoms with Gasteiger partial charge in [-0.15, -0.1) is 0 Å². The highest BCUT2D eigenvalue weighted by atomic mass is 79.9. The minimum absolute atomic E-state index is 0.147. The van der Waals surface area contributed by atoms with Crippen molar-refractivity contribution in [3.05, 3.63) is 32.2 Å². The predicted molar refractivity (Wildman–Crippen MR) is 77.3 cm³/mol. The zero-order chi connectivity index (χ0) is 13.8. The maximum atomic E-state index is 13.8. The molecule has 0 atom stereocenters. The molecule has 0 saturated carbocycles. The minimum atomic E-state index is -0.442. The Kier molecular flexibility index (Phi) is 5.74. The first-order chi connectivity index (χ1) is 9.09. The van der Waals surface area contributed by atoms with Crippen LogP contribution < -0.4 is 0 Å². The summed E-state index contributed by atoms with van der Waals surface area (Å²) in [5.41, 5.74) is 0.411. The third kappa shape index (κ3) is 3.97. The lowest BCUT2D eigenvalue weighted by Gasteiger charge is -2.26. The highest BCUT2D eigenvalue weighted by molar-refractivity contribution is 9.11. The van der Waals surface area contributed by atoms with E-state index in [1.54, 1.807) is 0 Å². The fourth-order valence-electron chi connectivity index (χ4n) is 2.14. The second-order valence-corrected chi connectivity index (χ2v) is 6.15. The molecule has 1 heterocycles. The highest BCUT2D eigenvalue weighted by Crippen LogP contribution is 2.30. The Balaban J connectivity index is 1.94. The molecule has 1 aromatic carbocycles. The van der Waals surface area contributed by atoms with Crippen molar-refractivity contribution in [3.8, 4) is 0 Å². The Hall–Kier alpha value is -0.0400. The van der Waals surface area contributed by atoms with Crippen molar-refractivity contribution < 1.29 is 13.5 Å². The highest BCUT2D eigenvalue weighted by Gasteiger charge is 2.16. The Morgan fingerprint density at radius 1 is 1.21 bits per heavy atom. The van der Waals surface area contributed by atoms with Crippen molar-refractivity contribution in [3.63, 3.8) is 0 Å². The molecule has 0 unspecified atom stereocenters. The molecule has 1 aliphatic rings. The third-order valence-electron chi connectivity index (χ3n) is 3.21. The number of hydrogen-bond donors (Lipinski definition) is 0. The monoisotopic (exact) mass is 397 g/mol. The maximum Gasteiger partial charge on any atom is 0.152 e. The van der Waals surface area contributed by atoms with Gasteiger partial charge in [0, 0.05) is 18.7 Å². The van der Waals surface area contributed by atoms with Crippen LogP contribution in [0.2, 0.25) is 0 Å². The van der Waals surface area contributed by atoms with Gasteiger partial charge in [-0.2, -0.15) is 0 Å². The van der Waals surface area contributed by atoms with Crippen LogP contribution in [0.25, 0.3) is 0 Å². The van der Waals surface area contributed by atoms with Gasteiger partial charge < -0.3 is 4.74 Å². The Labute approximate surface area is 128 Å². The number of hydrogen-bond acceptors (Lipinski definition) is 2. The van der Waals surface area contributed by atoms with Crippen molar-refractivity contribution in [2.75, 3.05) is 32.8 Å². The lowest BCUT2D eigenvalue weighted by Crippen LogP contribution is -2.37. The molecule has 106 valence electrons. The van der Waals surface area contributed by atoms with Gasteiger partial charge >= 0.3 is 0 Å². The summed E-state index contributed by atoms with van der Waals surface area (Å²) in [6.07, 6.45) is 1.32. The number of ether oxygens (including phenoxy) is 1. The zero-order valence-corrected chi connectivity index (χ0v) is 13.6. The molecule has 0 N–H and O–H groups in total. The molecule has 0 aliphatic carbocycles. The van der Waals surface area contributed by atoms with Crippen LogP contribution in [-0.4, -0.2) is 37.7 Å². The molecule has 1 aliphatic heterocycles. The van der Waals surface area contributed by atoms with Gasteiger partial charge in [-0.05, 0) is 57.3 Å². The second-order valence-electron chi connectivity index (χ2n) is 4.50. The first kappa shape index (κ1) is 15.4. The fourth-order valence-corrected chi connectivity index (χ4v) is 3.40. The summed E-state index contributed by atoms with van der Waals surface area (Å²) in [7, 11) is 0. The molecule has 0 radical (unpaired) electrons. The van der Waals surface area contributed by atoms with E-state index in [0.29, 0.717) is 12.0 Å². The molecule has 0 amide bonds. The van der Waals surface area contributed by atoms with Crippen LogP contribution in [0.3, 0.4) is 0 Å². The van der Waals surface area contributed by atoms with E-state index < -0.39 is 5.82 Å². The Morgan fingerprint density at radius 2 is 1.89 bits per heavy atom. The van der Waals surface area contributed by atoms with Crippen molar-refractivity contribution in [1.29, 1.82) is 0 Å². The van der Waals surface area contributed by atoms with Crippen molar-refractivity contribution in [2.24, 2.45) is 0 Å². The van der Waals surface area contributed by atoms with Gasteiger partial charge in [0.15, 0.2) is 5.82 Å². The van der Waals surface area contributed by atoms with E-state index in [1.165, 1.54) is 6.07 Å². The van der Waals surface area contributed by atoms with Crippen LogP contribution in [-0.2, 0) is 11.2 Å². The van der Waals surface area contributed by atoms with Crippen LogP contribution in [0.4, 0.5) is 8.78 Å². The van der Waals surface area contributed by atoms with Crippen molar-refractivity contribution in [1.82, 2.24) is 4.90 Å². The van der Waals surface area contributed by atoms with Crippen LogP contribution in [0.15, 0.2) is 15.0 Å². The first-order valence-electron chi connectivity index (χ1n) is 6.21. The summed E-state index contributed by atoms with van der Waals surface area (Å²) in [4.78, 5) is 2.28. The van der Waals surface area contributed by atoms with Gasteiger partial charge in [0.1, 0.15) is 5.82 Å². The number of morpholine rings is 1. The number of nitrogens with zero attached hydrogens (tertiary/aromatic N) is 1. The summed E-state index contributed by atoms with van der Waals surface area (Å²) in [6, 6.07) is 1.18. The fraction of sp³-hybridized carbons (Fsp3) is 0.538. The molecular formula is C13H15Br2F2NO. The second kappa shape index (κ2) is 7.11. The average molecular weight is 399 g/mol. The summed E-state index contributed by atoms with van der Waals surface area (Å²) in [5, 5.41) is 0. The van der Waals surface area contributed by atoms with E-state index in [-0.39, 0.29) is 14.8 Å². The van der Waals surface area contributed by atoms with Crippen LogP contribution in [0.5, 0.6) is 0 Å². The summed E-state index contributed by atoms with van der Waals surface area (Å²) in [5.74, 6) is -0.815. The molecule has 2 rings (SSSR count). The first-order valence-corrected chi connectivity index (χ1v) is 7.80. The van der Waals surface area contributed by atoms with E-state index in [1.807, 2.05) is 0 Å². The smallest absolute Gasteiger partial charge is 0.152 e. The maximum absolute atomic E-state index is 13.8. The molecule has 0 aromatic heterocycles. The molecule has 0 spiro atoms. The molecular weight excluding hydrogens is 384 g/mol. The van der Waals surface area contributed by atoms with Gasteiger partial charge in [0.2, 0.25) is 0 Å². The van der Waals surface area contributed by atoms with Gasteiger partial charge in [0.05, 0.1) is 22.2 Å². The van der Waals surface area contributed by atoms with Crippen molar-refractivity contribution >= 4 is 31.9 Å². The van der Waals surface area contributed by atoms with E-state index in [4.69, 9.17) is 4.74 Å². The molecule has 1 saturated heterocycles. The zero-order valence-electron chi connectivity index (χ0n) is 10.4. The topological polar surface area (TPSA) is 12.5 Å². The normalized spacial score (nSPS) is 16.8. The quantitative estimate of drug-likeness (QED) is 0.565. The molecule has 1 aromatic rings. The van der Waals surface area contributed by atoms with E-state index >= 15 is 0 Å². The van der Waals surface area contributed by atoms with E-state index in [2.05, 4.69) is 36.8 Å². The number of benzene rings is 1. The standard InChI is InChI=1S/C13H15Br2F2NO/c14-10-8-11(16)9(12(15)13(10)17)2-1-3-18-4-6-19-7-5-18/h8H,1-7H2. The SMILES string of the molecule is Fc1cc(Br)c(F)c(Br)c1CCCN1CCOCC1. The molecule has 19 heavy (non-hydrogen) atoms. The van der Waals surface area contributed by atoms with Crippen LogP contribution in [0, 0.1) is 11.6 Å². The van der Waals surface area contributed by atoms with Gasteiger partial charge in [-0.25, -0.2) is 8.78 Å². The molecule has 6 heteroatoms. The van der Waals surface area contributed by atoms with Crippen LogP contribution in [0.1, 0.15) is 12.0 Å². The van der Waals surface area contributed by atoms with E-state index in [0.717, 1.165) is 39.3 Å². The van der Waals surface area contributed by atoms with Crippen LogP contribution >= 0.6 is 31.9 Å². The van der Waals surface area contributed by atoms with E-state index in [9.17, 15) is 8.78 Å². The summed E-state index contributed by atoms with van der Waals surface area (Å²) in [6.45, 7) is 4.22. The Morgan fingerprint density at radius 3 is 2.58 bits per heavy atom. The average Bonchev–Trinajstić information content (AvgIpc) is 2.41. The van der Waals surface area contributed by atoms with Gasteiger partial charge in [-0.3, -0.25) is 4.90 Å². The summed E-state index contributed by atoms with van der Waals surface area (Å²) < 4.78 is 33.1. The van der Waals surface area contributed by atoms with Gasteiger partial charge in [0.25, 0.3) is 0 Å². The molecule has 0 bridgehead atoms.